The van der Waals surface area contributed by atoms with E-state index in [0.717, 1.165) is 6.42 Å². The second-order valence-electron chi connectivity index (χ2n) is 9.72. The predicted molar refractivity (Wildman–Crippen MR) is 133 cm³/mol. The van der Waals surface area contributed by atoms with E-state index in [9.17, 15) is 19.5 Å². The lowest BCUT2D eigenvalue weighted by molar-refractivity contribution is -0.154. The first-order valence-electron chi connectivity index (χ1n) is 12.6. The summed E-state index contributed by atoms with van der Waals surface area (Å²) in [7, 11) is 0. The number of likely N-dealkylation sites (tertiary alicyclic amines) is 1. The average Bonchev–Trinajstić information content (AvgIpc) is 3.27. The molecule has 0 aromatic heterocycles. The smallest absolute Gasteiger partial charge is 0.312 e. The molecule has 36 heavy (non-hydrogen) atoms. The summed E-state index contributed by atoms with van der Waals surface area (Å²) in [6, 6.07) is 6.08. The van der Waals surface area contributed by atoms with E-state index in [2.05, 4.69) is 0 Å². The predicted octanol–water partition coefficient (Wildman–Crippen LogP) is 2.88. The van der Waals surface area contributed by atoms with Gasteiger partial charge in [-0.15, -0.1) is 0 Å². The zero-order chi connectivity index (χ0) is 25.3. The van der Waals surface area contributed by atoms with Crippen LogP contribution in [0.25, 0.3) is 0 Å². The van der Waals surface area contributed by atoms with Gasteiger partial charge in [-0.3, -0.25) is 14.4 Å². The number of halogens is 1. The molecule has 1 unspecified atom stereocenters. The van der Waals surface area contributed by atoms with Crippen LogP contribution in [-0.2, 0) is 23.9 Å². The molecule has 8 nitrogen and oxygen atoms in total. The number of cyclic esters (lactones) is 1. The summed E-state index contributed by atoms with van der Waals surface area (Å²) >= 11 is 6.07. The number of aliphatic hydroxyl groups excluding tert-OH is 1. The van der Waals surface area contributed by atoms with Crippen LogP contribution < -0.4 is 4.90 Å². The Labute approximate surface area is 215 Å². The van der Waals surface area contributed by atoms with Crippen molar-refractivity contribution in [2.45, 2.75) is 49.9 Å². The number of hydrogen-bond acceptors (Lipinski definition) is 6. The molecule has 2 fully saturated rings. The van der Waals surface area contributed by atoms with E-state index in [-0.39, 0.29) is 25.0 Å². The van der Waals surface area contributed by atoms with Crippen LogP contribution in [0.15, 0.2) is 48.6 Å². The Morgan fingerprint density at radius 1 is 1.06 bits per heavy atom. The molecule has 1 aromatic rings. The molecule has 4 aliphatic rings. The molecule has 2 amide bonds. The number of ether oxygens (including phenoxy) is 2. The number of benzene rings is 1. The molecule has 1 aromatic carbocycles. The Balaban J connectivity index is 1.56. The van der Waals surface area contributed by atoms with Crippen LogP contribution in [0.5, 0.6) is 0 Å². The number of esters is 1. The minimum atomic E-state index is -1.27. The van der Waals surface area contributed by atoms with Crippen molar-refractivity contribution in [3.05, 3.63) is 53.6 Å². The molecule has 2 saturated heterocycles. The monoisotopic (exact) mass is 514 g/mol. The average molecular weight is 515 g/mol. The molecular formula is C27H31ClN2O6. The number of carbonyl (C=O) groups excluding carboxylic acids is 3. The molecule has 1 spiro atoms. The fourth-order valence-corrected chi connectivity index (χ4v) is 6.04. The van der Waals surface area contributed by atoms with Gasteiger partial charge in [0.2, 0.25) is 5.91 Å². The topological polar surface area (TPSA) is 96.4 Å². The Bertz CT molecular complexity index is 1070. The molecule has 1 N–H and O–H groups in total. The number of unbranched alkanes of at least 4 members (excludes halogenated alkanes) is 2. The van der Waals surface area contributed by atoms with Gasteiger partial charge in [0.1, 0.15) is 17.6 Å². The Morgan fingerprint density at radius 3 is 2.64 bits per heavy atom. The van der Waals surface area contributed by atoms with Crippen LogP contribution in [0.4, 0.5) is 5.69 Å². The second kappa shape index (κ2) is 10.4. The van der Waals surface area contributed by atoms with Gasteiger partial charge < -0.3 is 24.4 Å². The molecule has 192 valence electrons. The van der Waals surface area contributed by atoms with E-state index in [1.54, 1.807) is 34.1 Å². The molecule has 4 aliphatic heterocycles. The third kappa shape index (κ3) is 4.25. The van der Waals surface area contributed by atoms with Crippen LogP contribution in [0.2, 0.25) is 5.02 Å². The van der Waals surface area contributed by atoms with Crippen molar-refractivity contribution in [1.29, 1.82) is 0 Å². The van der Waals surface area contributed by atoms with Gasteiger partial charge in [-0.05, 0) is 56.4 Å². The summed E-state index contributed by atoms with van der Waals surface area (Å²) in [4.78, 5) is 44.6. The van der Waals surface area contributed by atoms with Gasteiger partial charge in [-0.25, -0.2) is 0 Å². The minimum absolute atomic E-state index is 0.0704. The van der Waals surface area contributed by atoms with Crippen molar-refractivity contribution in [3.8, 4) is 0 Å². The van der Waals surface area contributed by atoms with Crippen molar-refractivity contribution in [2.24, 2.45) is 11.8 Å². The number of anilines is 1. The SMILES string of the molecule is O=C1OCCC/C=C\[C@@H]2O[C@]34C=CCN(c5ccc(Cl)cc5)C(=O)C3N(CCCCCO)C(=O)[C@@H]4[C@H]12. The first-order valence-corrected chi connectivity index (χ1v) is 13.0. The number of allylic oxidation sites excluding steroid dienone is 1. The molecule has 0 aliphatic carbocycles. The number of carbonyl (C=O) groups is 3. The van der Waals surface area contributed by atoms with E-state index in [4.69, 9.17) is 21.1 Å². The van der Waals surface area contributed by atoms with Gasteiger partial charge in [0.25, 0.3) is 5.91 Å². The minimum Gasteiger partial charge on any atom is -0.465 e. The van der Waals surface area contributed by atoms with Crippen molar-refractivity contribution in [2.75, 3.05) is 31.2 Å². The summed E-state index contributed by atoms with van der Waals surface area (Å²) in [6.07, 6.45) is 10.2. The lowest BCUT2D eigenvalue weighted by atomic mass is 9.78. The van der Waals surface area contributed by atoms with Gasteiger partial charge in [-0.1, -0.05) is 35.9 Å². The van der Waals surface area contributed by atoms with Crippen LogP contribution >= 0.6 is 11.6 Å². The van der Waals surface area contributed by atoms with E-state index in [0.29, 0.717) is 49.5 Å². The van der Waals surface area contributed by atoms with Crippen LogP contribution in [0.1, 0.15) is 32.1 Å². The zero-order valence-corrected chi connectivity index (χ0v) is 20.8. The van der Waals surface area contributed by atoms with E-state index < -0.39 is 35.6 Å². The molecule has 5 atom stereocenters. The molecular weight excluding hydrogens is 484 g/mol. The normalized spacial score (nSPS) is 32.7. The van der Waals surface area contributed by atoms with Crippen LogP contribution in [0, 0.1) is 11.8 Å². The van der Waals surface area contributed by atoms with Crippen LogP contribution in [0.3, 0.4) is 0 Å². The Hall–Kier alpha value is -2.68. The lowest BCUT2D eigenvalue weighted by Gasteiger charge is -2.35. The van der Waals surface area contributed by atoms with Crippen molar-refractivity contribution >= 4 is 35.1 Å². The maximum atomic E-state index is 14.2. The summed E-state index contributed by atoms with van der Waals surface area (Å²) in [5.41, 5.74) is -0.605. The van der Waals surface area contributed by atoms with Gasteiger partial charge in [0.15, 0.2) is 0 Å². The summed E-state index contributed by atoms with van der Waals surface area (Å²) in [6.45, 7) is 0.993. The Morgan fingerprint density at radius 2 is 1.86 bits per heavy atom. The fraction of sp³-hybridized carbons (Fsp3) is 0.519. The largest absolute Gasteiger partial charge is 0.465 e. The third-order valence-electron chi connectivity index (χ3n) is 7.55. The zero-order valence-electron chi connectivity index (χ0n) is 20.1. The Kier molecular flexibility index (Phi) is 7.19. The highest BCUT2D eigenvalue weighted by atomic mass is 35.5. The van der Waals surface area contributed by atoms with E-state index >= 15 is 0 Å². The third-order valence-corrected chi connectivity index (χ3v) is 7.80. The first-order chi connectivity index (χ1) is 17.5. The summed E-state index contributed by atoms with van der Waals surface area (Å²) in [5.74, 6) is -2.66. The summed E-state index contributed by atoms with van der Waals surface area (Å²) in [5, 5.41) is 9.74. The van der Waals surface area contributed by atoms with E-state index in [1.807, 2.05) is 24.3 Å². The maximum Gasteiger partial charge on any atom is 0.312 e. The number of amides is 2. The van der Waals surface area contributed by atoms with Gasteiger partial charge in [0.05, 0.1) is 18.6 Å². The molecule has 0 bridgehead atoms. The number of aliphatic hydroxyl groups is 1. The molecule has 9 heteroatoms. The van der Waals surface area contributed by atoms with Gasteiger partial charge >= 0.3 is 5.97 Å². The highest BCUT2D eigenvalue weighted by molar-refractivity contribution is 6.30. The molecule has 4 heterocycles. The standard InChI is InChI=1S/C27H31ClN2O6/c28-18-9-11-19(12-10-18)29-15-7-13-27-22(21-20(36-27)8-3-1-6-17-35-26(21)34)24(32)30(23(27)25(29)33)14-4-2-5-16-31/h3,7-13,20-23,31H,1-2,4-6,14-17H2/b8-3-/t20-,21+,22-,23?,27-/m0/s1. The highest BCUT2D eigenvalue weighted by Crippen LogP contribution is 2.53. The van der Waals surface area contributed by atoms with Gasteiger partial charge in [-0.2, -0.15) is 0 Å². The molecule has 0 saturated carbocycles. The molecule has 5 rings (SSSR count). The van der Waals surface area contributed by atoms with Crippen molar-refractivity contribution < 1.29 is 29.0 Å². The van der Waals surface area contributed by atoms with Gasteiger partial charge in [0, 0.05) is 30.4 Å². The van der Waals surface area contributed by atoms with Crippen molar-refractivity contribution in [1.82, 2.24) is 4.90 Å². The quantitative estimate of drug-likeness (QED) is 0.356. The number of nitrogens with zero attached hydrogens (tertiary/aromatic N) is 2. The molecule has 0 radical (unpaired) electrons. The first kappa shape index (κ1) is 25.0. The van der Waals surface area contributed by atoms with E-state index in [1.165, 1.54) is 0 Å². The maximum absolute atomic E-state index is 14.2. The van der Waals surface area contributed by atoms with Crippen molar-refractivity contribution in [3.63, 3.8) is 0 Å². The number of rotatable bonds is 6. The second-order valence-corrected chi connectivity index (χ2v) is 10.2. The number of fused-ring (bicyclic) bond motifs is 2. The summed E-state index contributed by atoms with van der Waals surface area (Å²) < 4.78 is 12.1. The number of hydrogen-bond donors (Lipinski definition) is 1. The lowest BCUT2D eigenvalue weighted by Crippen LogP contribution is -2.55. The highest BCUT2D eigenvalue weighted by Gasteiger charge is 2.71. The fourth-order valence-electron chi connectivity index (χ4n) is 5.92. The van der Waals surface area contributed by atoms with Crippen LogP contribution in [-0.4, -0.2) is 71.8 Å².